The maximum Gasteiger partial charge on any atom is 0.187 e. The van der Waals surface area contributed by atoms with Crippen LogP contribution < -0.4 is 0 Å². The Balaban J connectivity index is 1.37. The summed E-state index contributed by atoms with van der Waals surface area (Å²) in [6.07, 6.45) is -5.08. The van der Waals surface area contributed by atoms with Crippen LogP contribution in [0.15, 0.2) is 0 Å². The van der Waals surface area contributed by atoms with E-state index < -0.39 is 60.3 Å². The van der Waals surface area contributed by atoms with Crippen LogP contribution in [0.2, 0.25) is 0 Å². The minimum atomic E-state index is -1.06. The quantitative estimate of drug-likeness (QED) is 0.531. The number of likely N-dealkylation sites (N-methyl/N-ethyl adjacent to an activating group) is 1. The summed E-state index contributed by atoms with van der Waals surface area (Å²) in [6, 6.07) is 0. The molecular weight excluding hydrogens is 484 g/mol. The van der Waals surface area contributed by atoms with Gasteiger partial charge in [0.05, 0.1) is 12.7 Å². The molecule has 5 saturated heterocycles. The smallest absolute Gasteiger partial charge is 0.187 e. The molecule has 3 unspecified atom stereocenters. The van der Waals surface area contributed by atoms with Gasteiger partial charge in [-0.15, -0.1) is 0 Å². The van der Waals surface area contributed by atoms with Gasteiger partial charge in [0.25, 0.3) is 0 Å². The van der Waals surface area contributed by atoms with Crippen LogP contribution in [-0.4, -0.2) is 134 Å². The summed E-state index contributed by atoms with van der Waals surface area (Å²) in [4.78, 5) is 4.69. The van der Waals surface area contributed by atoms with E-state index in [0.29, 0.717) is 13.2 Å². The van der Waals surface area contributed by atoms with Crippen LogP contribution in [0.4, 0.5) is 0 Å². The van der Waals surface area contributed by atoms with Crippen LogP contribution in [0, 0.1) is 0 Å². The minimum absolute atomic E-state index is 0.257. The molecule has 0 saturated carbocycles. The minimum Gasteiger partial charge on any atom is -0.385 e. The Hall–Kier alpha value is -0.440. The van der Waals surface area contributed by atoms with Crippen molar-refractivity contribution in [3.05, 3.63) is 0 Å². The third-order valence-corrected chi connectivity index (χ3v) is 7.85. The van der Waals surface area contributed by atoms with Gasteiger partial charge in [0.15, 0.2) is 23.7 Å². The number of hydrogen-bond acceptors (Lipinski definition) is 11. The normalized spacial score (nSPS) is 44.7. The van der Waals surface area contributed by atoms with Gasteiger partial charge in [0.1, 0.15) is 42.7 Å². The Kier molecular flexibility index (Phi) is 7.74. The van der Waals surface area contributed by atoms with Crippen LogP contribution in [0.1, 0.15) is 48.5 Å². The van der Waals surface area contributed by atoms with Gasteiger partial charge in [-0.1, -0.05) is 0 Å². The Morgan fingerprint density at radius 3 is 2.11 bits per heavy atom. The molecule has 0 amide bonds. The standard InChI is InChI=1S/C26H46N2O9/c1-15-19(35-25(4,5)33-15)20(17-14-30-24(2,3)34-17)32-23-18(29)22-21(36-26(6,7)37-22)16(31-23)13-28-11-9-27(8)10-12-28/h15-23,29H,9-14H2,1-8H3/t15?,16-,17-,18?,19-,20?,21+,22-,23+/m1/s1. The molecule has 0 aromatic rings. The predicted octanol–water partition coefficient (Wildman–Crippen LogP) is 0.916. The number of fused-ring (bicyclic) bond motifs is 1. The van der Waals surface area contributed by atoms with Gasteiger partial charge in [-0.3, -0.25) is 4.90 Å². The van der Waals surface area contributed by atoms with Crippen LogP contribution in [0.3, 0.4) is 0 Å². The Morgan fingerprint density at radius 2 is 1.51 bits per heavy atom. The lowest BCUT2D eigenvalue weighted by Gasteiger charge is -2.44. The van der Waals surface area contributed by atoms with Crippen molar-refractivity contribution >= 4 is 0 Å². The summed E-state index contributed by atoms with van der Waals surface area (Å²) >= 11 is 0. The highest BCUT2D eigenvalue weighted by molar-refractivity contribution is 4.99. The highest BCUT2D eigenvalue weighted by Gasteiger charge is 2.58. The molecule has 0 aromatic heterocycles. The van der Waals surface area contributed by atoms with Crippen molar-refractivity contribution in [1.29, 1.82) is 0 Å². The zero-order valence-corrected chi connectivity index (χ0v) is 23.5. The molecular formula is C26H46N2O9. The van der Waals surface area contributed by atoms with E-state index >= 15 is 0 Å². The second-order valence-corrected chi connectivity index (χ2v) is 12.5. The first kappa shape index (κ1) is 28.1. The van der Waals surface area contributed by atoms with Gasteiger partial charge in [-0.2, -0.15) is 0 Å². The van der Waals surface area contributed by atoms with E-state index in [-0.39, 0.29) is 12.2 Å². The molecule has 0 spiro atoms. The molecule has 1 N–H and O–H groups in total. The lowest BCUT2D eigenvalue weighted by atomic mass is 9.97. The largest absolute Gasteiger partial charge is 0.385 e. The first-order chi connectivity index (χ1) is 17.2. The van der Waals surface area contributed by atoms with E-state index in [0.717, 1.165) is 26.2 Å². The summed E-state index contributed by atoms with van der Waals surface area (Å²) in [5, 5.41) is 11.4. The molecule has 214 valence electrons. The molecule has 0 bridgehead atoms. The zero-order chi connectivity index (χ0) is 26.8. The van der Waals surface area contributed by atoms with Gasteiger partial charge in [-0.05, 0) is 55.5 Å². The third kappa shape index (κ3) is 6.17. The van der Waals surface area contributed by atoms with Crippen molar-refractivity contribution in [2.45, 2.75) is 121 Å². The summed E-state index contributed by atoms with van der Waals surface area (Å²) in [5.41, 5.74) is 0. The Morgan fingerprint density at radius 1 is 0.865 bits per heavy atom. The van der Waals surface area contributed by atoms with Crippen LogP contribution in [0.5, 0.6) is 0 Å². The van der Waals surface area contributed by atoms with E-state index in [1.165, 1.54) is 0 Å². The first-order valence-corrected chi connectivity index (χ1v) is 13.6. The average Bonchev–Trinajstić information content (AvgIpc) is 3.41. The van der Waals surface area contributed by atoms with Crippen LogP contribution in [0.25, 0.3) is 0 Å². The molecule has 5 rings (SSSR count). The van der Waals surface area contributed by atoms with Crippen LogP contribution >= 0.6 is 0 Å². The average molecular weight is 531 g/mol. The van der Waals surface area contributed by atoms with E-state index in [1.807, 2.05) is 48.5 Å². The Labute approximate surface area is 220 Å². The monoisotopic (exact) mass is 530 g/mol. The van der Waals surface area contributed by atoms with E-state index in [9.17, 15) is 5.11 Å². The van der Waals surface area contributed by atoms with Crippen molar-refractivity contribution in [3.8, 4) is 0 Å². The Bertz CT molecular complexity index is 803. The fraction of sp³-hybridized carbons (Fsp3) is 1.00. The molecule has 0 aliphatic carbocycles. The molecule has 11 heteroatoms. The van der Waals surface area contributed by atoms with Crippen LogP contribution in [-0.2, 0) is 37.9 Å². The third-order valence-electron chi connectivity index (χ3n) is 7.85. The maximum atomic E-state index is 11.4. The molecule has 9 atom stereocenters. The number of rotatable bonds is 6. The van der Waals surface area contributed by atoms with E-state index in [4.69, 9.17) is 37.9 Å². The number of ether oxygens (including phenoxy) is 8. The SMILES string of the molecule is CC1OC(C)(C)O[C@H]1C(O[C@@H]1O[C@H](CN2CCN(C)CC2)[C@@H]2OC(C)(C)O[C@@H]2C1O)[C@H]1COC(C)(C)O1. The van der Waals surface area contributed by atoms with Crippen molar-refractivity contribution < 1.29 is 43.0 Å². The fourth-order valence-corrected chi connectivity index (χ4v) is 6.11. The first-order valence-electron chi connectivity index (χ1n) is 13.6. The van der Waals surface area contributed by atoms with Crippen molar-refractivity contribution in [3.63, 3.8) is 0 Å². The van der Waals surface area contributed by atoms with Gasteiger partial charge in [-0.25, -0.2) is 0 Å². The maximum absolute atomic E-state index is 11.4. The van der Waals surface area contributed by atoms with Crippen molar-refractivity contribution in [2.24, 2.45) is 0 Å². The number of aliphatic hydroxyl groups is 1. The summed E-state index contributed by atoms with van der Waals surface area (Å²) in [7, 11) is 2.13. The molecule has 0 radical (unpaired) electrons. The van der Waals surface area contributed by atoms with Gasteiger partial charge in [0, 0.05) is 32.7 Å². The van der Waals surface area contributed by atoms with Gasteiger partial charge >= 0.3 is 0 Å². The molecule has 37 heavy (non-hydrogen) atoms. The summed E-state index contributed by atoms with van der Waals surface area (Å²) in [5.74, 6) is -2.35. The highest BCUT2D eigenvalue weighted by atomic mass is 16.8. The number of hydrogen-bond donors (Lipinski definition) is 1. The number of piperazine rings is 1. The van der Waals surface area contributed by atoms with Gasteiger partial charge in [0.2, 0.25) is 0 Å². The fourth-order valence-electron chi connectivity index (χ4n) is 6.11. The number of nitrogens with zero attached hydrogens (tertiary/aromatic N) is 2. The molecule has 5 aliphatic heterocycles. The topological polar surface area (TPSA) is 101 Å². The molecule has 5 heterocycles. The molecule has 5 aliphatic rings. The molecule has 11 nitrogen and oxygen atoms in total. The molecule has 5 fully saturated rings. The van der Waals surface area contributed by atoms with Gasteiger partial charge < -0.3 is 47.9 Å². The second-order valence-electron chi connectivity index (χ2n) is 12.5. The highest BCUT2D eigenvalue weighted by Crippen LogP contribution is 2.41. The zero-order valence-electron chi connectivity index (χ0n) is 23.5. The van der Waals surface area contributed by atoms with Crippen molar-refractivity contribution in [2.75, 3.05) is 46.4 Å². The number of aliphatic hydroxyl groups excluding tert-OH is 1. The van der Waals surface area contributed by atoms with E-state index in [1.54, 1.807) is 0 Å². The molecule has 0 aromatic carbocycles. The predicted molar refractivity (Wildman–Crippen MR) is 132 cm³/mol. The van der Waals surface area contributed by atoms with E-state index in [2.05, 4.69) is 16.8 Å². The second kappa shape index (κ2) is 10.2. The lowest BCUT2D eigenvalue weighted by Crippen LogP contribution is -2.62. The summed E-state index contributed by atoms with van der Waals surface area (Å²) < 4.78 is 49.9. The summed E-state index contributed by atoms with van der Waals surface area (Å²) in [6.45, 7) is 18.1. The lowest BCUT2D eigenvalue weighted by molar-refractivity contribution is -0.312. The van der Waals surface area contributed by atoms with Crippen molar-refractivity contribution in [1.82, 2.24) is 9.80 Å².